The molecule has 0 fully saturated rings. The van der Waals surface area contributed by atoms with Gasteiger partial charge in [0, 0.05) is 6.20 Å². The lowest BCUT2D eigenvalue weighted by Gasteiger charge is -2.08. The number of aryl methyl sites for hydroxylation is 1. The van der Waals surface area contributed by atoms with Gasteiger partial charge in [-0.2, -0.15) is 0 Å². The van der Waals surface area contributed by atoms with Crippen LogP contribution in [0.4, 0.5) is 0 Å². The second-order valence-corrected chi connectivity index (χ2v) is 2.65. The molecule has 0 radical (unpaired) electrons. The summed E-state index contributed by atoms with van der Waals surface area (Å²) in [5, 5.41) is 17.5. The molecule has 0 bridgehead atoms. The fourth-order valence-corrected chi connectivity index (χ4v) is 0.744. The van der Waals surface area contributed by atoms with E-state index in [0.29, 0.717) is 5.88 Å². The van der Waals surface area contributed by atoms with Crippen LogP contribution in [0.25, 0.3) is 0 Å². The van der Waals surface area contributed by atoms with Crippen LogP contribution in [0, 0.1) is 6.92 Å². The van der Waals surface area contributed by atoms with Crippen LogP contribution in [0.1, 0.15) is 5.69 Å². The predicted molar refractivity (Wildman–Crippen MR) is 45.4 cm³/mol. The third-order valence-electron chi connectivity index (χ3n) is 1.37. The summed E-state index contributed by atoms with van der Waals surface area (Å²) in [7, 11) is 0. The van der Waals surface area contributed by atoms with Crippen LogP contribution in [0.5, 0.6) is 5.88 Å². The number of aliphatic hydroxyl groups excluding tert-OH is 2. The van der Waals surface area contributed by atoms with Gasteiger partial charge in [-0.05, 0) is 6.92 Å². The Morgan fingerprint density at radius 1 is 1.54 bits per heavy atom. The first-order valence-corrected chi connectivity index (χ1v) is 3.92. The molecule has 5 nitrogen and oxygen atoms in total. The largest absolute Gasteiger partial charge is 0.474 e. The summed E-state index contributed by atoms with van der Waals surface area (Å²) < 4.78 is 5.06. The molecule has 2 N–H and O–H groups in total. The summed E-state index contributed by atoms with van der Waals surface area (Å²) in [6.45, 7) is 1.50. The van der Waals surface area contributed by atoms with E-state index < -0.39 is 6.10 Å². The van der Waals surface area contributed by atoms with E-state index in [1.165, 1.54) is 6.20 Å². The van der Waals surface area contributed by atoms with Crippen LogP contribution in [0.2, 0.25) is 0 Å². The number of aromatic nitrogens is 2. The first kappa shape index (κ1) is 9.88. The Hall–Kier alpha value is -1.20. The average Bonchev–Trinajstić information content (AvgIpc) is 2.14. The third kappa shape index (κ3) is 3.35. The first-order valence-electron chi connectivity index (χ1n) is 3.92. The van der Waals surface area contributed by atoms with Crippen molar-refractivity contribution in [3.8, 4) is 5.88 Å². The minimum Gasteiger partial charge on any atom is -0.474 e. The number of aliphatic hydroxyl groups is 2. The second-order valence-electron chi connectivity index (χ2n) is 2.65. The monoisotopic (exact) mass is 184 g/mol. The molecule has 0 saturated heterocycles. The van der Waals surface area contributed by atoms with E-state index in [4.69, 9.17) is 14.9 Å². The molecule has 0 spiro atoms. The molecule has 5 heteroatoms. The van der Waals surface area contributed by atoms with E-state index in [0.717, 1.165) is 5.69 Å². The maximum atomic E-state index is 8.97. The summed E-state index contributed by atoms with van der Waals surface area (Å²) >= 11 is 0. The van der Waals surface area contributed by atoms with Gasteiger partial charge >= 0.3 is 0 Å². The standard InChI is InChI=1S/C8H12N2O3/c1-6-2-9-3-8(10-6)13-5-7(12)4-11/h2-3,7,11-12H,4-5H2,1H3/t7-/m0/s1. The van der Waals surface area contributed by atoms with E-state index in [9.17, 15) is 0 Å². The summed E-state index contributed by atoms with van der Waals surface area (Å²) in [6.07, 6.45) is 2.19. The molecule has 0 saturated carbocycles. The second kappa shape index (κ2) is 4.74. The van der Waals surface area contributed by atoms with Gasteiger partial charge in [-0.3, -0.25) is 4.98 Å². The van der Waals surface area contributed by atoms with Gasteiger partial charge in [0.05, 0.1) is 18.5 Å². The summed E-state index contributed by atoms with van der Waals surface area (Å²) in [5.74, 6) is 0.354. The highest BCUT2D eigenvalue weighted by atomic mass is 16.5. The van der Waals surface area contributed by atoms with Crippen LogP contribution in [0.15, 0.2) is 12.4 Å². The fourth-order valence-electron chi connectivity index (χ4n) is 0.744. The average molecular weight is 184 g/mol. The van der Waals surface area contributed by atoms with Gasteiger partial charge in [-0.1, -0.05) is 0 Å². The van der Waals surface area contributed by atoms with Crippen molar-refractivity contribution >= 4 is 0 Å². The molecule has 0 aliphatic carbocycles. The lowest BCUT2D eigenvalue weighted by molar-refractivity contribution is 0.0519. The van der Waals surface area contributed by atoms with Gasteiger partial charge in [0.2, 0.25) is 5.88 Å². The highest BCUT2D eigenvalue weighted by Gasteiger charge is 2.03. The highest BCUT2D eigenvalue weighted by molar-refractivity contribution is 5.06. The van der Waals surface area contributed by atoms with E-state index in [1.807, 2.05) is 0 Å². The minimum absolute atomic E-state index is 0.0225. The topological polar surface area (TPSA) is 75.5 Å². The zero-order chi connectivity index (χ0) is 9.68. The van der Waals surface area contributed by atoms with Crippen molar-refractivity contribution in [2.75, 3.05) is 13.2 Å². The summed E-state index contributed by atoms with van der Waals surface area (Å²) in [6, 6.07) is 0. The molecule has 1 heterocycles. The number of nitrogens with zero attached hydrogens (tertiary/aromatic N) is 2. The third-order valence-corrected chi connectivity index (χ3v) is 1.37. The zero-order valence-corrected chi connectivity index (χ0v) is 7.34. The number of hydrogen-bond acceptors (Lipinski definition) is 5. The van der Waals surface area contributed by atoms with Crippen LogP contribution in [-0.2, 0) is 0 Å². The Balaban J connectivity index is 2.45. The van der Waals surface area contributed by atoms with Crippen LogP contribution in [0.3, 0.4) is 0 Å². The van der Waals surface area contributed by atoms with Gasteiger partial charge in [-0.15, -0.1) is 0 Å². The summed E-state index contributed by atoms with van der Waals surface area (Å²) in [4.78, 5) is 7.86. The van der Waals surface area contributed by atoms with Crippen LogP contribution >= 0.6 is 0 Å². The number of ether oxygens (including phenoxy) is 1. The molecule has 1 atom stereocenters. The molecular weight excluding hydrogens is 172 g/mol. The van der Waals surface area contributed by atoms with E-state index >= 15 is 0 Å². The molecule has 1 rings (SSSR count). The van der Waals surface area contributed by atoms with Crippen molar-refractivity contribution in [3.63, 3.8) is 0 Å². The van der Waals surface area contributed by atoms with E-state index in [1.54, 1.807) is 13.1 Å². The lowest BCUT2D eigenvalue weighted by atomic mass is 10.4. The van der Waals surface area contributed by atoms with Crippen molar-refractivity contribution in [1.29, 1.82) is 0 Å². The van der Waals surface area contributed by atoms with Gasteiger partial charge in [0.25, 0.3) is 0 Å². The van der Waals surface area contributed by atoms with Crippen molar-refractivity contribution in [2.45, 2.75) is 13.0 Å². The Morgan fingerprint density at radius 3 is 2.92 bits per heavy atom. The number of rotatable bonds is 4. The Bertz CT molecular complexity index is 267. The highest BCUT2D eigenvalue weighted by Crippen LogP contribution is 2.04. The molecule has 0 aromatic carbocycles. The quantitative estimate of drug-likeness (QED) is 0.660. The minimum atomic E-state index is -0.873. The van der Waals surface area contributed by atoms with Crippen molar-refractivity contribution in [3.05, 3.63) is 18.1 Å². The Morgan fingerprint density at radius 2 is 2.31 bits per heavy atom. The van der Waals surface area contributed by atoms with Crippen LogP contribution in [-0.4, -0.2) is 39.5 Å². The first-order chi connectivity index (χ1) is 6.22. The zero-order valence-electron chi connectivity index (χ0n) is 7.34. The Kier molecular flexibility index (Phi) is 3.60. The van der Waals surface area contributed by atoms with Crippen molar-refractivity contribution in [1.82, 2.24) is 9.97 Å². The molecule has 1 aromatic rings. The van der Waals surface area contributed by atoms with E-state index in [-0.39, 0.29) is 13.2 Å². The molecule has 0 aliphatic heterocycles. The summed E-state index contributed by atoms with van der Waals surface area (Å²) in [5.41, 5.74) is 0.746. The molecule has 0 aliphatic rings. The molecule has 72 valence electrons. The maximum Gasteiger partial charge on any atom is 0.232 e. The molecule has 0 unspecified atom stereocenters. The normalized spacial score (nSPS) is 12.5. The number of hydrogen-bond donors (Lipinski definition) is 2. The molecule has 1 aromatic heterocycles. The molecule has 13 heavy (non-hydrogen) atoms. The van der Waals surface area contributed by atoms with Gasteiger partial charge in [0.1, 0.15) is 12.7 Å². The molecular formula is C8H12N2O3. The maximum absolute atomic E-state index is 8.97. The molecule has 0 amide bonds. The smallest absolute Gasteiger partial charge is 0.232 e. The van der Waals surface area contributed by atoms with Gasteiger partial charge < -0.3 is 14.9 Å². The fraction of sp³-hybridized carbons (Fsp3) is 0.500. The van der Waals surface area contributed by atoms with Gasteiger partial charge in [-0.25, -0.2) is 4.98 Å². The van der Waals surface area contributed by atoms with E-state index in [2.05, 4.69) is 9.97 Å². The lowest BCUT2D eigenvalue weighted by Crippen LogP contribution is -2.21. The Labute approximate surface area is 76.0 Å². The van der Waals surface area contributed by atoms with Crippen molar-refractivity contribution in [2.24, 2.45) is 0 Å². The SMILES string of the molecule is Cc1cncc(OC[C@@H](O)CO)n1. The van der Waals surface area contributed by atoms with Crippen molar-refractivity contribution < 1.29 is 14.9 Å². The predicted octanol–water partition coefficient (Wildman–Crippen LogP) is -0.483. The van der Waals surface area contributed by atoms with Gasteiger partial charge in [0.15, 0.2) is 0 Å². The van der Waals surface area contributed by atoms with Crippen LogP contribution < -0.4 is 4.74 Å².